The lowest BCUT2D eigenvalue weighted by atomic mass is 9.95. The monoisotopic (exact) mass is 392 g/mol. The third-order valence-electron chi connectivity index (χ3n) is 7.05. The molecule has 3 heteroatoms. The summed E-state index contributed by atoms with van der Waals surface area (Å²) in [4.78, 5) is 0.136. The van der Waals surface area contributed by atoms with Gasteiger partial charge in [0, 0.05) is 5.25 Å². The van der Waals surface area contributed by atoms with E-state index in [1.807, 2.05) is 0 Å². The Balaban J connectivity index is 1.59. The van der Waals surface area contributed by atoms with Crippen molar-refractivity contribution >= 4 is 11.8 Å². The van der Waals surface area contributed by atoms with E-state index in [0.29, 0.717) is 6.04 Å². The second-order valence-corrected chi connectivity index (χ2v) is 11.2. The van der Waals surface area contributed by atoms with Crippen LogP contribution in [0, 0.1) is 0 Å². The molecule has 2 nitrogen and oxygen atoms in total. The first-order valence-electron chi connectivity index (χ1n) is 12.5. The van der Waals surface area contributed by atoms with E-state index in [4.69, 9.17) is 10.2 Å². The molecule has 27 heavy (non-hydrogen) atoms. The standard InChI is InChI=1S/C24H44N2S/c1-2-4-6-12-18-23(19-13-7-5-3-1)27-24(20-14-9-15-21-24)26-25-22-16-10-8-11-17-22/h22-23H,1-21H2/b26-25+. The number of azo groups is 1. The molecular weight excluding hydrogens is 348 g/mol. The molecule has 3 aliphatic carbocycles. The van der Waals surface area contributed by atoms with Crippen molar-refractivity contribution in [1.82, 2.24) is 0 Å². The third kappa shape index (κ3) is 8.07. The number of hydrogen-bond acceptors (Lipinski definition) is 3. The fourth-order valence-corrected chi connectivity index (χ4v) is 7.09. The summed E-state index contributed by atoms with van der Waals surface area (Å²) in [6, 6.07) is 0.537. The second-order valence-electron chi connectivity index (χ2n) is 9.51. The minimum Gasteiger partial charge on any atom is -0.189 e. The topological polar surface area (TPSA) is 24.7 Å². The predicted molar refractivity (Wildman–Crippen MR) is 120 cm³/mol. The largest absolute Gasteiger partial charge is 0.189 e. The van der Waals surface area contributed by atoms with E-state index in [-0.39, 0.29) is 4.87 Å². The van der Waals surface area contributed by atoms with Crippen LogP contribution in [0.15, 0.2) is 10.2 Å². The van der Waals surface area contributed by atoms with Gasteiger partial charge in [-0.2, -0.15) is 10.2 Å². The van der Waals surface area contributed by atoms with E-state index in [1.165, 1.54) is 135 Å². The third-order valence-corrected chi connectivity index (χ3v) is 8.78. The molecule has 0 aromatic heterocycles. The van der Waals surface area contributed by atoms with Gasteiger partial charge in [0.15, 0.2) is 0 Å². The lowest BCUT2D eigenvalue weighted by Gasteiger charge is -2.35. The average molecular weight is 393 g/mol. The fraction of sp³-hybridized carbons (Fsp3) is 1.00. The summed E-state index contributed by atoms with van der Waals surface area (Å²) in [6.45, 7) is 0. The summed E-state index contributed by atoms with van der Waals surface area (Å²) in [5, 5.41) is 10.9. The van der Waals surface area contributed by atoms with Gasteiger partial charge in [-0.25, -0.2) is 0 Å². The van der Waals surface area contributed by atoms with Crippen LogP contribution in [-0.2, 0) is 0 Å². The van der Waals surface area contributed by atoms with Crippen LogP contribution in [0.5, 0.6) is 0 Å². The molecule has 0 unspecified atom stereocenters. The van der Waals surface area contributed by atoms with Crippen LogP contribution in [0.25, 0.3) is 0 Å². The molecule has 0 amide bonds. The van der Waals surface area contributed by atoms with E-state index in [0.717, 1.165) is 5.25 Å². The van der Waals surface area contributed by atoms with Crippen LogP contribution in [0.2, 0.25) is 0 Å². The van der Waals surface area contributed by atoms with Gasteiger partial charge in [0.1, 0.15) is 4.87 Å². The molecule has 0 aliphatic heterocycles. The maximum absolute atomic E-state index is 5.15. The molecule has 156 valence electrons. The number of hydrogen-bond donors (Lipinski definition) is 0. The van der Waals surface area contributed by atoms with Gasteiger partial charge in [0.25, 0.3) is 0 Å². The second kappa shape index (κ2) is 12.5. The molecule has 3 aliphatic rings. The van der Waals surface area contributed by atoms with Gasteiger partial charge in [-0.15, -0.1) is 11.8 Å². The first-order valence-corrected chi connectivity index (χ1v) is 13.3. The van der Waals surface area contributed by atoms with Crippen LogP contribution >= 0.6 is 11.8 Å². The minimum absolute atomic E-state index is 0.136. The Hall–Kier alpha value is -0.0500. The van der Waals surface area contributed by atoms with E-state index < -0.39 is 0 Å². The first-order chi connectivity index (χ1) is 13.4. The van der Waals surface area contributed by atoms with Crippen molar-refractivity contribution in [2.45, 2.75) is 151 Å². The molecule has 3 fully saturated rings. The van der Waals surface area contributed by atoms with Gasteiger partial charge in [0.05, 0.1) is 6.04 Å². The highest BCUT2D eigenvalue weighted by molar-refractivity contribution is 8.01. The summed E-state index contributed by atoms with van der Waals surface area (Å²) < 4.78 is 0. The Labute approximate surface area is 173 Å². The molecule has 0 bridgehead atoms. The molecular formula is C24H44N2S. The lowest BCUT2D eigenvalue weighted by molar-refractivity contribution is 0.366. The normalized spacial score (nSPS) is 27.9. The van der Waals surface area contributed by atoms with Gasteiger partial charge in [-0.05, 0) is 38.5 Å². The highest BCUT2D eigenvalue weighted by atomic mass is 32.2. The van der Waals surface area contributed by atoms with Crippen molar-refractivity contribution in [2.24, 2.45) is 10.2 Å². The van der Waals surface area contributed by atoms with E-state index in [1.54, 1.807) is 0 Å². The fourth-order valence-electron chi connectivity index (χ4n) is 5.28. The quantitative estimate of drug-likeness (QED) is 0.438. The molecule has 0 aromatic rings. The van der Waals surface area contributed by atoms with Crippen molar-refractivity contribution < 1.29 is 0 Å². The van der Waals surface area contributed by atoms with Crippen molar-refractivity contribution in [3.8, 4) is 0 Å². The summed E-state index contributed by atoms with van der Waals surface area (Å²) in [7, 11) is 0. The minimum atomic E-state index is 0.136. The highest BCUT2D eigenvalue weighted by Crippen LogP contribution is 2.46. The lowest BCUT2D eigenvalue weighted by Crippen LogP contribution is -2.29. The average Bonchev–Trinajstić information content (AvgIpc) is 2.70. The molecule has 0 N–H and O–H groups in total. The molecule has 3 saturated carbocycles. The van der Waals surface area contributed by atoms with E-state index in [2.05, 4.69) is 11.8 Å². The summed E-state index contributed by atoms with van der Waals surface area (Å²) >= 11 is 2.27. The van der Waals surface area contributed by atoms with Gasteiger partial charge in [-0.3, -0.25) is 0 Å². The molecule has 0 aromatic carbocycles. The first kappa shape index (κ1) is 21.7. The number of thioether (sulfide) groups is 1. The van der Waals surface area contributed by atoms with Gasteiger partial charge in [-0.1, -0.05) is 96.3 Å². The van der Waals surface area contributed by atoms with Crippen LogP contribution in [0.3, 0.4) is 0 Å². The molecule has 0 spiro atoms. The smallest absolute Gasteiger partial charge is 0.127 e. The Morgan fingerprint density at radius 2 is 0.963 bits per heavy atom. The van der Waals surface area contributed by atoms with E-state index >= 15 is 0 Å². The van der Waals surface area contributed by atoms with Gasteiger partial charge in [0.2, 0.25) is 0 Å². The van der Waals surface area contributed by atoms with Gasteiger partial charge >= 0.3 is 0 Å². The van der Waals surface area contributed by atoms with Crippen molar-refractivity contribution in [3.63, 3.8) is 0 Å². The van der Waals surface area contributed by atoms with Crippen molar-refractivity contribution in [1.29, 1.82) is 0 Å². The highest BCUT2D eigenvalue weighted by Gasteiger charge is 2.35. The zero-order chi connectivity index (χ0) is 18.6. The van der Waals surface area contributed by atoms with E-state index in [9.17, 15) is 0 Å². The SMILES string of the molecule is C1CCCCCC(SC2(/N=N/C3CCCCC3)CCCCC2)CCCCC1. The van der Waals surface area contributed by atoms with Crippen molar-refractivity contribution in [2.75, 3.05) is 0 Å². The summed E-state index contributed by atoms with van der Waals surface area (Å²) in [6.07, 6.45) is 29.4. The maximum atomic E-state index is 5.15. The van der Waals surface area contributed by atoms with Crippen LogP contribution in [-0.4, -0.2) is 16.2 Å². The molecule has 0 saturated heterocycles. The molecule has 0 atom stereocenters. The number of rotatable bonds is 4. The Morgan fingerprint density at radius 1 is 0.519 bits per heavy atom. The van der Waals surface area contributed by atoms with Crippen molar-refractivity contribution in [3.05, 3.63) is 0 Å². The Kier molecular flexibility index (Phi) is 10.0. The summed E-state index contributed by atoms with van der Waals surface area (Å²) in [5.74, 6) is 0. The molecule has 0 radical (unpaired) electrons. The molecule has 0 heterocycles. The number of nitrogens with zero attached hydrogens (tertiary/aromatic N) is 2. The van der Waals surface area contributed by atoms with Crippen LogP contribution in [0.4, 0.5) is 0 Å². The maximum Gasteiger partial charge on any atom is 0.127 e. The Bertz CT molecular complexity index is 399. The predicted octanol–water partition coefficient (Wildman–Crippen LogP) is 8.84. The zero-order valence-electron chi connectivity index (χ0n) is 17.8. The summed E-state index contributed by atoms with van der Waals surface area (Å²) in [5.41, 5.74) is 0. The Morgan fingerprint density at radius 3 is 1.56 bits per heavy atom. The van der Waals surface area contributed by atoms with Gasteiger partial charge < -0.3 is 0 Å². The zero-order valence-corrected chi connectivity index (χ0v) is 18.6. The van der Waals surface area contributed by atoms with Crippen LogP contribution in [0.1, 0.15) is 135 Å². The molecule has 3 rings (SSSR count). The van der Waals surface area contributed by atoms with Crippen LogP contribution < -0.4 is 0 Å².